The Labute approximate surface area is 721 Å². The van der Waals surface area contributed by atoms with E-state index in [0.717, 1.165) is 4.90 Å². The molecule has 1 aromatic rings. The van der Waals surface area contributed by atoms with Crippen molar-refractivity contribution >= 4 is 113 Å². The number of aliphatic hydroxyl groups is 2. The summed E-state index contributed by atoms with van der Waals surface area (Å²) >= 11 is 0. The minimum absolute atomic E-state index is 0.00729. The number of carbonyl (C=O) groups is 16. The first-order chi connectivity index (χ1) is 58.6. The van der Waals surface area contributed by atoms with Gasteiger partial charge in [-0.25, -0.2) is 4.79 Å². The average molecular weight is 1750 g/mol. The maximum atomic E-state index is 15.2. The van der Waals surface area contributed by atoms with Crippen LogP contribution in [0, 0.1) is 17.8 Å². The maximum Gasteiger partial charge on any atom is 0.326 e. The van der Waals surface area contributed by atoms with Crippen molar-refractivity contribution in [2.24, 2.45) is 78.6 Å². The van der Waals surface area contributed by atoms with Crippen LogP contribution in [-0.4, -0.2) is 297 Å². The second kappa shape index (κ2) is 53.4. The molecule has 0 aliphatic carbocycles. The van der Waals surface area contributed by atoms with Crippen LogP contribution in [0.2, 0.25) is 0 Å². The monoisotopic (exact) mass is 1750 g/mol. The largest absolute Gasteiger partial charge is 0.481 e. The van der Waals surface area contributed by atoms with Crippen LogP contribution < -0.4 is 104 Å². The van der Waals surface area contributed by atoms with E-state index in [1.807, 2.05) is 0 Å². The van der Waals surface area contributed by atoms with Gasteiger partial charge in [-0.2, -0.15) is 0 Å². The number of benzene rings is 1. The van der Waals surface area contributed by atoms with Gasteiger partial charge in [0.1, 0.15) is 84.6 Å². The quantitative estimate of drug-likeness (QED) is 0.0164. The molecule has 0 unspecified atom stereocenters. The third-order valence-corrected chi connectivity index (χ3v) is 21.2. The second-order valence-corrected chi connectivity index (χ2v) is 32.2. The van der Waals surface area contributed by atoms with Crippen molar-refractivity contribution in [1.29, 1.82) is 0 Å². The van der Waals surface area contributed by atoms with Crippen LogP contribution in [0.15, 0.2) is 45.3 Å². The summed E-state index contributed by atoms with van der Waals surface area (Å²) in [6.07, 6.45) is -0.340. The molecule has 31 N–H and O–H groups in total. The van der Waals surface area contributed by atoms with Gasteiger partial charge in [-0.05, 0) is 146 Å². The SMILES string of the molecule is CC[C@H](C)[C@H](NC(=O)[C@H](Cc1ccccc1)NC(=O)[C@H](CCCN=C(N)N)NC(=O)[C@H](CC(C)C)NC(=O)[C@H](CCCN=C(N)N)NC(=O)[C@H](CO)NC(=O)[C@@H](N)[C@@H](C)O)C(=O)N1CCC[C@H]1C(=O)N[C@@H](CCCCN)C(=O)N1CCC[C@H]1C(=O)N[C@@H](CC(=O)O)C(=O)NCC(=O)N[C@@H](CC(C)C)C(=O)N[C@@H](CCCN=C(N)N)C(=O)N1CCC[C@H]1C(=O)O. The van der Waals surface area contributed by atoms with E-state index >= 15 is 9.59 Å². The minimum atomic E-state index is -1.83. The van der Waals surface area contributed by atoms with Gasteiger partial charge in [-0.1, -0.05) is 78.3 Å². The van der Waals surface area contributed by atoms with Crippen molar-refractivity contribution in [3.05, 3.63) is 35.9 Å². The van der Waals surface area contributed by atoms with Crippen molar-refractivity contribution in [2.75, 3.05) is 59.0 Å². The number of unbranched alkanes of at least 4 members (excludes halogenated alkanes) is 1. The molecule has 16 atom stereocenters. The number of carboxylic acid groups (broad SMARTS) is 2. The molecule has 0 bridgehead atoms. The van der Waals surface area contributed by atoms with E-state index in [4.69, 9.17) is 45.9 Å². The van der Waals surface area contributed by atoms with Gasteiger partial charge in [0, 0.05) is 45.7 Å². The number of hydrogen-bond acceptors (Lipinski definition) is 23. The molecule has 1 aromatic carbocycles. The molecule has 0 spiro atoms. The van der Waals surface area contributed by atoms with E-state index in [1.54, 1.807) is 71.9 Å². The number of carbonyl (C=O) groups excluding carboxylic acids is 14. The van der Waals surface area contributed by atoms with Gasteiger partial charge in [-0.15, -0.1) is 0 Å². The van der Waals surface area contributed by atoms with Gasteiger partial charge in [0.15, 0.2) is 17.9 Å². The lowest BCUT2D eigenvalue weighted by Crippen LogP contribution is -2.61. The molecule has 45 heteroatoms. The molecule has 4 rings (SSSR count). The van der Waals surface area contributed by atoms with E-state index in [0.29, 0.717) is 37.7 Å². The maximum absolute atomic E-state index is 15.2. The Morgan fingerprint density at radius 1 is 0.460 bits per heavy atom. The number of aliphatic imine (C=N–C) groups is 3. The lowest BCUT2D eigenvalue weighted by molar-refractivity contribution is -0.149. The molecule has 3 aliphatic rings. The van der Waals surface area contributed by atoms with Crippen molar-refractivity contribution < 1.29 is 97.1 Å². The topological polar surface area (TPSA) is 741 Å². The van der Waals surface area contributed by atoms with Crippen molar-refractivity contribution in [3.8, 4) is 0 Å². The summed E-state index contributed by atoms with van der Waals surface area (Å²) in [6, 6.07) is -11.3. The highest BCUT2D eigenvalue weighted by atomic mass is 16.4. The van der Waals surface area contributed by atoms with E-state index in [2.05, 4.69) is 73.5 Å². The number of guanidine groups is 3. The standard InChI is InChI=1S/C79H133N25O20/c1-8-44(6)62(101-68(115)53(38-46-20-10-9-11-21-46)98-65(112)47(23-14-30-88-77(82)83)93-67(114)52(37-43(4)5)97-64(111)48(24-15-31-89-78(84)85)94-69(116)55(41-105)100-72(119)61(81)45(7)106)75(122)103-34-18-27-57(103)70(117)96-49(22-12-13-29-80)73(120)102-33-17-26-56(102)71(118)99-54(39-60(108)109)63(110)91-40-59(107)92-51(36-42(2)3)66(113)95-50(25-16-32-90-79(86)87)74(121)104-35-19-28-58(104)76(123)124/h9-11,20-21,42-45,47-58,61-62,105-106H,8,12-19,22-41,80-81H2,1-7H3,(H,91,110)(H,92,107)(H,93,114)(H,94,116)(H,95,113)(H,96,117)(H,97,111)(H,98,112)(H,99,118)(H,100,119)(H,101,115)(H,108,109)(H,123,124)(H4,82,83,88)(H4,84,85,89)(H4,86,87,90)/t44-,45+,47-,48-,49-,50-,51-,52-,53-,54-,55-,56-,57-,58-,61-,62-/m0/s1. The predicted octanol–water partition coefficient (Wildman–Crippen LogP) is -7.15. The number of likely N-dealkylation sites (tertiary alicyclic amines) is 3. The number of nitrogens with zero attached hydrogens (tertiary/aromatic N) is 6. The van der Waals surface area contributed by atoms with Crippen LogP contribution in [0.5, 0.6) is 0 Å². The van der Waals surface area contributed by atoms with Gasteiger partial charge < -0.3 is 139 Å². The lowest BCUT2D eigenvalue weighted by Gasteiger charge is -2.34. The zero-order valence-electron chi connectivity index (χ0n) is 71.9. The smallest absolute Gasteiger partial charge is 0.326 e. The number of aliphatic carboxylic acids is 2. The fourth-order valence-corrected chi connectivity index (χ4v) is 14.4. The van der Waals surface area contributed by atoms with Crippen LogP contribution in [0.4, 0.5) is 0 Å². The summed E-state index contributed by atoms with van der Waals surface area (Å²) < 4.78 is 0. The Bertz CT molecular complexity index is 3860. The van der Waals surface area contributed by atoms with E-state index in [9.17, 15) is 87.5 Å². The molecule has 45 nitrogen and oxygen atoms in total. The molecule has 3 heterocycles. The molecule has 0 radical (unpaired) electrons. The van der Waals surface area contributed by atoms with Gasteiger partial charge in [-0.3, -0.25) is 86.9 Å². The highest BCUT2D eigenvalue weighted by molar-refractivity contribution is 6.01. The Balaban J connectivity index is 1.58. The summed E-state index contributed by atoms with van der Waals surface area (Å²) in [5, 5.41) is 68.3. The number of amides is 14. The van der Waals surface area contributed by atoms with Crippen LogP contribution in [0.3, 0.4) is 0 Å². The zero-order chi connectivity index (χ0) is 92.6. The number of aliphatic hydroxyl groups excluding tert-OH is 2. The summed E-state index contributed by atoms with van der Waals surface area (Å²) in [6.45, 7) is 10.2. The fraction of sp³-hybridized carbons (Fsp3) is 0.684. The van der Waals surface area contributed by atoms with Crippen molar-refractivity contribution in [2.45, 2.75) is 268 Å². The molecule has 3 saturated heterocycles. The van der Waals surface area contributed by atoms with E-state index in [1.165, 1.54) is 16.7 Å². The van der Waals surface area contributed by atoms with Crippen LogP contribution in [-0.2, 0) is 83.1 Å². The Morgan fingerprint density at radius 3 is 1.31 bits per heavy atom. The Morgan fingerprint density at radius 2 is 0.855 bits per heavy atom. The van der Waals surface area contributed by atoms with E-state index in [-0.39, 0.29) is 165 Å². The van der Waals surface area contributed by atoms with Crippen molar-refractivity contribution in [1.82, 2.24) is 73.2 Å². The molecule has 694 valence electrons. The molecular formula is C79H133N25O20. The molecule has 3 fully saturated rings. The first-order valence-electron chi connectivity index (χ1n) is 42.2. The fourth-order valence-electron chi connectivity index (χ4n) is 14.4. The van der Waals surface area contributed by atoms with Crippen molar-refractivity contribution in [3.63, 3.8) is 0 Å². The van der Waals surface area contributed by atoms with Crippen LogP contribution >= 0.6 is 0 Å². The number of rotatable bonds is 54. The van der Waals surface area contributed by atoms with E-state index < -0.39 is 211 Å². The first-order valence-corrected chi connectivity index (χ1v) is 42.2. The Hall–Kier alpha value is -11.6. The van der Waals surface area contributed by atoms with Crippen LogP contribution in [0.1, 0.15) is 176 Å². The first kappa shape index (κ1) is 105. The molecule has 0 saturated carbocycles. The van der Waals surface area contributed by atoms with Gasteiger partial charge in [0.25, 0.3) is 0 Å². The predicted molar refractivity (Wildman–Crippen MR) is 454 cm³/mol. The Kier molecular flexibility index (Phi) is 45.1. The zero-order valence-corrected chi connectivity index (χ0v) is 71.9. The number of nitrogens with two attached hydrogens (primary N) is 8. The molecule has 14 amide bonds. The third-order valence-electron chi connectivity index (χ3n) is 21.2. The normalized spacial score (nSPS) is 18.0. The molecular weight excluding hydrogens is 1620 g/mol. The second-order valence-electron chi connectivity index (χ2n) is 32.2. The lowest BCUT2D eigenvalue weighted by atomic mass is 9.96. The number of hydrogen-bond donors (Lipinski definition) is 23. The third kappa shape index (κ3) is 35.3. The average Bonchev–Trinajstić information content (AvgIpc) is 1.63. The number of nitrogens with one attached hydrogen (secondary N) is 11. The van der Waals surface area contributed by atoms with Crippen LogP contribution in [0.25, 0.3) is 0 Å². The molecule has 3 aliphatic heterocycles. The highest BCUT2D eigenvalue weighted by Gasteiger charge is 2.45. The van der Waals surface area contributed by atoms with Gasteiger partial charge >= 0.3 is 11.9 Å². The minimum Gasteiger partial charge on any atom is -0.481 e. The van der Waals surface area contributed by atoms with Gasteiger partial charge in [0.05, 0.1) is 25.7 Å². The summed E-state index contributed by atoms with van der Waals surface area (Å²) in [5.41, 5.74) is 45.4. The molecule has 0 aromatic heterocycles. The summed E-state index contributed by atoms with van der Waals surface area (Å²) in [7, 11) is 0. The van der Waals surface area contributed by atoms with Gasteiger partial charge in [0.2, 0.25) is 82.7 Å². The highest BCUT2D eigenvalue weighted by Crippen LogP contribution is 2.26. The summed E-state index contributed by atoms with van der Waals surface area (Å²) in [5.74, 6) is -17.0. The number of carboxylic acids is 2. The molecule has 124 heavy (non-hydrogen) atoms. The summed E-state index contributed by atoms with van der Waals surface area (Å²) in [4.78, 5) is 240.